The van der Waals surface area contributed by atoms with Crippen LogP contribution in [-0.4, -0.2) is 35.7 Å². The van der Waals surface area contributed by atoms with Gasteiger partial charge in [-0.15, -0.1) is 0 Å². The van der Waals surface area contributed by atoms with Gasteiger partial charge in [0.1, 0.15) is 0 Å². The van der Waals surface area contributed by atoms with Crippen molar-refractivity contribution < 1.29 is 9.47 Å². The van der Waals surface area contributed by atoms with Gasteiger partial charge in [-0.2, -0.15) is 5.10 Å². The van der Waals surface area contributed by atoms with Gasteiger partial charge in [-0.3, -0.25) is 4.68 Å². The standard InChI is InChI=1S/C20H31IN2O2/c1-15-16(21)7-22-23(15)14-19-9-17(2)8-18(3,10-19)12-20(11-17,13-19)25-6-5-24-4/h7H,5-6,8-14H2,1-4H3. The van der Waals surface area contributed by atoms with E-state index in [0.717, 1.165) is 13.2 Å². The highest BCUT2D eigenvalue weighted by molar-refractivity contribution is 14.1. The highest BCUT2D eigenvalue weighted by Crippen LogP contribution is 2.72. The smallest absolute Gasteiger partial charge is 0.0707 e. The lowest BCUT2D eigenvalue weighted by molar-refractivity contribution is -0.250. The number of hydrogen-bond donors (Lipinski definition) is 0. The largest absolute Gasteiger partial charge is 0.382 e. The molecule has 1 aromatic rings. The second-order valence-corrected chi connectivity index (χ2v) is 11.1. The van der Waals surface area contributed by atoms with Gasteiger partial charge in [0.15, 0.2) is 0 Å². The first-order valence-electron chi connectivity index (χ1n) is 9.51. The molecule has 0 aromatic carbocycles. The van der Waals surface area contributed by atoms with Gasteiger partial charge in [0.2, 0.25) is 0 Å². The molecule has 0 saturated heterocycles. The van der Waals surface area contributed by atoms with Crippen LogP contribution in [0, 0.1) is 26.7 Å². The van der Waals surface area contributed by atoms with Crippen molar-refractivity contribution in [1.82, 2.24) is 9.78 Å². The summed E-state index contributed by atoms with van der Waals surface area (Å²) in [6.07, 6.45) is 9.62. The van der Waals surface area contributed by atoms with Crippen molar-refractivity contribution in [2.45, 2.75) is 71.4 Å². The fraction of sp³-hybridized carbons (Fsp3) is 0.850. The van der Waals surface area contributed by atoms with Crippen LogP contribution in [-0.2, 0) is 16.0 Å². The minimum absolute atomic E-state index is 0.0466. The van der Waals surface area contributed by atoms with Gasteiger partial charge in [0.05, 0.1) is 28.6 Å². The predicted octanol–water partition coefficient (Wildman–Crippen LogP) is 4.58. The molecule has 25 heavy (non-hydrogen) atoms. The van der Waals surface area contributed by atoms with Crippen LogP contribution in [0.2, 0.25) is 0 Å². The lowest BCUT2D eigenvalue weighted by Crippen LogP contribution is -2.64. The van der Waals surface area contributed by atoms with E-state index < -0.39 is 0 Å². The third-order valence-corrected chi connectivity index (χ3v) is 7.94. The zero-order valence-corrected chi connectivity index (χ0v) is 18.2. The fourth-order valence-electron chi connectivity index (χ4n) is 7.39. The highest BCUT2D eigenvalue weighted by atomic mass is 127. The highest BCUT2D eigenvalue weighted by Gasteiger charge is 2.66. The molecule has 4 bridgehead atoms. The molecular weight excluding hydrogens is 427 g/mol. The Hall–Kier alpha value is -0.140. The summed E-state index contributed by atoms with van der Waals surface area (Å²) in [5, 5.41) is 4.68. The van der Waals surface area contributed by atoms with Crippen molar-refractivity contribution in [3.8, 4) is 0 Å². The third-order valence-electron chi connectivity index (χ3n) is 6.88. The molecule has 0 spiro atoms. The maximum Gasteiger partial charge on any atom is 0.0707 e. The van der Waals surface area contributed by atoms with Gasteiger partial charge in [0.25, 0.3) is 0 Å². The molecule has 0 radical (unpaired) electrons. The predicted molar refractivity (Wildman–Crippen MR) is 107 cm³/mol. The lowest BCUT2D eigenvalue weighted by Gasteiger charge is -2.69. The van der Waals surface area contributed by atoms with Crippen LogP contribution in [0.5, 0.6) is 0 Å². The summed E-state index contributed by atoms with van der Waals surface area (Å²) in [5.41, 5.74) is 2.49. The van der Waals surface area contributed by atoms with Crippen molar-refractivity contribution in [2.24, 2.45) is 16.2 Å². The summed E-state index contributed by atoms with van der Waals surface area (Å²) in [4.78, 5) is 0. The van der Waals surface area contributed by atoms with Crippen molar-refractivity contribution in [3.63, 3.8) is 0 Å². The molecule has 0 amide bonds. The van der Waals surface area contributed by atoms with E-state index in [1.54, 1.807) is 7.11 Å². The molecule has 1 heterocycles. The number of ether oxygens (including phenoxy) is 2. The van der Waals surface area contributed by atoms with Crippen molar-refractivity contribution in [3.05, 3.63) is 15.5 Å². The van der Waals surface area contributed by atoms with Gasteiger partial charge in [0, 0.05) is 19.3 Å². The van der Waals surface area contributed by atoms with E-state index in [1.807, 2.05) is 6.20 Å². The first kappa shape index (κ1) is 18.2. The summed E-state index contributed by atoms with van der Waals surface area (Å²) in [6.45, 7) is 9.67. The molecule has 0 N–H and O–H groups in total. The average molecular weight is 458 g/mol. The Labute approximate surface area is 165 Å². The normalized spacial score (nSPS) is 42.3. The third kappa shape index (κ3) is 3.18. The van der Waals surface area contributed by atoms with E-state index >= 15 is 0 Å². The van der Waals surface area contributed by atoms with Crippen molar-refractivity contribution in [2.75, 3.05) is 20.3 Å². The zero-order chi connectivity index (χ0) is 17.9. The van der Waals surface area contributed by atoms with Crippen LogP contribution in [0.4, 0.5) is 0 Å². The molecule has 2 unspecified atom stereocenters. The number of hydrogen-bond acceptors (Lipinski definition) is 3. The van der Waals surface area contributed by atoms with Gasteiger partial charge < -0.3 is 9.47 Å². The van der Waals surface area contributed by atoms with Gasteiger partial charge in [-0.05, 0) is 84.3 Å². The van der Waals surface area contributed by atoms with E-state index in [9.17, 15) is 0 Å². The molecule has 5 rings (SSSR count). The summed E-state index contributed by atoms with van der Waals surface area (Å²) < 4.78 is 15.3. The first-order valence-corrected chi connectivity index (χ1v) is 10.6. The quantitative estimate of drug-likeness (QED) is 0.463. The SMILES string of the molecule is COCCOC12CC3(C)CC(C)(CC(Cn4ncc(I)c4C)(C3)C1)C2. The Kier molecular flexibility index (Phi) is 4.32. The molecule has 4 aliphatic rings. The molecule has 4 aliphatic carbocycles. The Morgan fingerprint density at radius 2 is 1.76 bits per heavy atom. The fourth-order valence-corrected chi connectivity index (χ4v) is 7.80. The summed E-state index contributed by atoms with van der Waals surface area (Å²) >= 11 is 2.40. The van der Waals surface area contributed by atoms with Gasteiger partial charge in [-0.25, -0.2) is 0 Å². The number of methoxy groups -OCH3 is 1. The Morgan fingerprint density at radius 3 is 2.32 bits per heavy atom. The maximum absolute atomic E-state index is 6.56. The Morgan fingerprint density at radius 1 is 1.08 bits per heavy atom. The van der Waals surface area contributed by atoms with Gasteiger partial charge in [-0.1, -0.05) is 13.8 Å². The summed E-state index contributed by atoms with van der Waals surface area (Å²) in [5.74, 6) is 0. The maximum atomic E-state index is 6.56. The summed E-state index contributed by atoms with van der Waals surface area (Å²) in [6, 6.07) is 0. The van der Waals surface area contributed by atoms with Crippen LogP contribution in [0.15, 0.2) is 6.20 Å². The molecule has 1 aromatic heterocycles. The molecule has 0 aliphatic heterocycles. The number of aromatic nitrogens is 2. The zero-order valence-electron chi connectivity index (χ0n) is 16.0. The molecule has 4 nitrogen and oxygen atoms in total. The molecular formula is C20H31IN2O2. The minimum atomic E-state index is 0.0466. The molecule has 2 atom stereocenters. The number of rotatable bonds is 6. The second kappa shape index (κ2) is 5.93. The molecule has 5 heteroatoms. The van der Waals surface area contributed by atoms with E-state index in [-0.39, 0.29) is 5.60 Å². The summed E-state index contributed by atoms with van der Waals surface area (Å²) in [7, 11) is 1.76. The topological polar surface area (TPSA) is 36.3 Å². The molecule has 140 valence electrons. The molecule has 4 fully saturated rings. The van der Waals surface area contributed by atoms with E-state index in [4.69, 9.17) is 9.47 Å². The monoisotopic (exact) mass is 458 g/mol. The van der Waals surface area contributed by atoms with Crippen LogP contribution in [0.25, 0.3) is 0 Å². The van der Waals surface area contributed by atoms with E-state index in [1.165, 1.54) is 47.8 Å². The van der Waals surface area contributed by atoms with Gasteiger partial charge >= 0.3 is 0 Å². The van der Waals surface area contributed by atoms with Crippen LogP contribution >= 0.6 is 22.6 Å². The Balaban J connectivity index is 1.65. The average Bonchev–Trinajstić information content (AvgIpc) is 2.75. The van der Waals surface area contributed by atoms with Crippen LogP contribution in [0.3, 0.4) is 0 Å². The number of halogens is 1. The van der Waals surface area contributed by atoms with E-state index in [0.29, 0.717) is 22.9 Å². The Bertz CT molecular complexity index is 653. The molecule has 4 saturated carbocycles. The van der Waals surface area contributed by atoms with Crippen molar-refractivity contribution >= 4 is 22.6 Å². The van der Waals surface area contributed by atoms with Crippen LogP contribution in [0.1, 0.15) is 58.1 Å². The lowest BCUT2D eigenvalue weighted by atomic mass is 9.39. The number of nitrogens with zero attached hydrogens (tertiary/aromatic N) is 2. The van der Waals surface area contributed by atoms with E-state index in [2.05, 4.69) is 53.1 Å². The van der Waals surface area contributed by atoms with Crippen LogP contribution < -0.4 is 0 Å². The minimum Gasteiger partial charge on any atom is -0.382 e. The second-order valence-electron chi connectivity index (χ2n) is 9.94. The van der Waals surface area contributed by atoms with Crippen molar-refractivity contribution in [1.29, 1.82) is 0 Å². The first-order chi connectivity index (χ1) is 11.7.